The Labute approximate surface area is 164 Å². The van der Waals surface area contributed by atoms with Crippen molar-refractivity contribution >= 4 is 38.5 Å². The monoisotopic (exact) mass is 422 g/mol. The Hall–Kier alpha value is -2.82. The highest BCUT2D eigenvalue weighted by Gasteiger charge is 2.14. The Balaban J connectivity index is 1.53. The van der Waals surface area contributed by atoms with E-state index in [9.17, 15) is 18.0 Å². The maximum Gasteiger partial charge on any atom is 0.308 e. The standard InChI is InChI=1S/C17H15ClN4O5S/c18-12-5-7-13(8-6-12)28(25,26)19-10-9-16(23)27-11-22-17(24)14-3-1-2-4-15(14)20-21-22/h1-8,19H,9-11H2. The van der Waals surface area contributed by atoms with Gasteiger partial charge < -0.3 is 4.74 Å². The first-order chi connectivity index (χ1) is 13.4. The lowest BCUT2D eigenvalue weighted by Crippen LogP contribution is -2.29. The van der Waals surface area contributed by atoms with Gasteiger partial charge in [0.25, 0.3) is 5.56 Å². The molecular formula is C17H15ClN4O5S. The number of fused-ring (bicyclic) bond motifs is 1. The van der Waals surface area contributed by atoms with Gasteiger partial charge in [-0.1, -0.05) is 28.9 Å². The second kappa shape index (κ2) is 8.46. The smallest absolute Gasteiger partial charge is 0.308 e. The summed E-state index contributed by atoms with van der Waals surface area (Å²) in [6.45, 7) is -0.582. The summed E-state index contributed by atoms with van der Waals surface area (Å²) in [5.74, 6) is -0.694. The minimum absolute atomic E-state index is 0.0308. The van der Waals surface area contributed by atoms with Crippen molar-refractivity contribution in [3.63, 3.8) is 0 Å². The molecule has 0 atom stereocenters. The Morgan fingerprint density at radius 3 is 2.61 bits per heavy atom. The lowest BCUT2D eigenvalue weighted by Gasteiger charge is -2.08. The van der Waals surface area contributed by atoms with Gasteiger partial charge in [0.2, 0.25) is 10.0 Å². The maximum absolute atomic E-state index is 12.2. The van der Waals surface area contributed by atoms with Crippen LogP contribution in [0.2, 0.25) is 5.02 Å². The van der Waals surface area contributed by atoms with Crippen molar-refractivity contribution in [2.45, 2.75) is 18.0 Å². The number of halogens is 1. The normalized spacial score (nSPS) is 11.5. The van der Waals surface area contributed by atoms with Gasteiger partial charge >= 0.3 is 5.97 Å². The molecule has 0 aliphatic heterocycles. The van der Waals surface area contributed by atoms with E-state index in [1.54, 1.807) is 24.3 Å². The van der Waals surface area contributed by atoms with Crippen molar-refractivity contribution in [3.05, 3.63) is 63.9 Å². The number of ether oxygens (including phenoxy) is 1. The van der Waals surface area contributed by atoms with E-state index in [1.165, 1.54) is 24.3 Å². The van der Waals surface area contributed by atoms with Crippen LogP contribution in [0.25, 0.3) is 10.9 Å². The average molecular weight is 423 g/mol. The van der Waals surface area contributed by atoms with Crippen LogP contribution in [0, 0.1) is 0 Å². The average Bonchev–Trinajstić information content (AvgIpc) is 2.68. The van der Waals surface area contributed by atoms with Gasteiger partial charge in [-0.25, -0.2) is 13.1 Å². The van der Waals surface area contributed by atoms with Crippen LogP contribution in [0.15, 0.2) is 58.2 Å². The molecule has 1 N–H and O–H groups in total. The number of nitrogens with one attached hydrogen (secondary N) is 1. The van der Waals surface area contributed by atoms with Crippen LogP contribution in [0.1, 0.15) is 6.42 Å². The Bertz CT molecular complexity index is 1160. The van der Waals surface area contributed by atoms with Crippen LogP contribution in [0.4, 0.5) is 0 Å². The summed E-state index contributed by atoms with van der Waals surface area (Å²) in [6.07, 6.45) is -0.220. The molecule has 0 unspecified atom stereocenters. The molecule has 9 nitrogen and oxygen atoms in total. The molecule has 1 heterocycles. The third-order valence-corrected chi connectivity index (χ3v) is 5.45. The minimum atomic E-state index is -3.76. The van der Waals surface area contributed by atoms with E-state index in [1.807, 2.05) is 0 Å². The fourth-order valence-electron chi connectivity index (χ4n) is 2.30. The van der Waals surface area contributed by atoms with Crippen molar-refractivity contribution in [1.82, 2.24) is 19.7 Å². The van der Waals surface area contributed by atoms with Gasteiger partial charge in [0.15, 0.2) is 6.73 Å². The number of hydrogen-bond acceptors (Lipinski definition) is 7. The summed E-state index contributed by atoms with van der Waals surface area (Å²) < 4.78 is 32.4. The molecule has 0 saturated heterocycles. The van der Waals surface area contributed by atoms with E-state index in [0.717, 1.165) is 4.68 Å². The fraction of sp³-hybridized carbons (Fsp3) is 0.176. The number of hydrogen-bond donors (Lipinski definition) is 1. The third kappa shape index (κ3) is 4.71. The number of carbonyl (C=O) groups excluding carboxylic acids is 1. The highest BCUT2D eigenvalue weighted by atomic mass is 35.5. The summed E-state index contributed by atoms with van der Waals surface area (Å²) in [5.41, 5.74) is -0.00600. The topological polar surface area (TPSA) is 120 Å². The summed E-state index contributed by atoms with van der Waals surface area (Å²) in [4.78, 5) is 24.1. The van der Waals surface area contributed by atoms with E-state index in [2.05, 4.69) is 15.0 Å². The van der Waals surface area contributed by atoms with Crippen LogP contribution in [-0.4, -0.2) is 35.9 Å². The van der Waals surface area contributed by atoms with E-state index >= 15 is 0 Å². The molecule has 0 amide bonds. The lowest BCUT2D eigenvalue weighted by molar-refractivity contribution is -0.147. The van der Waals surface area contributed by atoms with Crippen molar-refractivity contribution in [3.8, 4) is 0 Å². The molecule has 0 aliphatic carbocycles. The highest BCUT2D eigenvalue weighted by molar-refractivity contribution is 7.89. The number of carbonyl (C=O) groups is 1. The Kier molecular flexibility index (Phi) is 6.02. The van der Waals surface area contributed by atoms with Crippen LogP contribution in [0.3, 0.4) is 0 Å². The first-order valence-corrected chi connectivity index (χ1v) is 9.96. The molecule has 28 heavy (non-hydrogen) atoms. The van der Waals surface area contributed by atoms with Crippen molar-refractivity contribution in [1.29, 1.82) is 0 Å². The summed E-state index contributed by atoms with van der Waals surface area (Å²) in [6, 6.07) is 12.3. The third-order valence-electron chi connectivity index (χ3n) is 3.72. The second-order valence-electron chi connectivity index (χ2n) is 5.66. The molecule has 3 aromatic rings. The van der Waals surface area contributed by atoms with Gasteiger partial charge in [0, 0.05) is 11.6 Å². The van der Waals surface area contributed by atoms with Crippen LogP contribution < -0.4 is 10.3 Å². The van der Waals surface area contributed by atoms with Crippen molar-refractivity contribution in [2.24, 2.45) is 0 Å². The van der Waals surface area contributed by atoms with E-state index in [4.69, 9.17) is 16.3 Å². The van der Waals surface area contributed by atoms with Gasteiger partial charge in [-0.05, 0) is 36.4 Å². The van der Waals surface area contributed by atoms with Gasteiger partial charge in [0.1, 0.15) is 5.52 Å². The molecule has 146 valence electrons. The zero-order valence-corrected chi connectivity index (χ0v) is 16.0. The maximum atomic E-state index is 12.2. The minimum Gasteiger partial charge on any atom is -0.442 e. The highest BCUT2D eigenvalue weighted by Crippen LogP contribution is 2.13. The Morgan fingerprint density at radius 1 is 1.14 bits per heavy atom. The van der Waals surface area contributed by atoms with Crippen LogP contribution in [0.5, 0.6) is 0 Å². The zero-order valence-electron chi connectivity index (χ0n) is 14.4. The van der Waals surface area contributed by atoms with Gasteiger partial charge in [-0.2, -0.15) is 4.68 Å². The molecule has 0 saturated carbocycles. The number of esters is 1. The number of benzene rings is 2. The molecular weight excluding hydrogens is 408 g/mol. The fourth-order valence-corrected chi connectivity index (χ4v) is 3.46. The number of aromatic nitrogens is 3. The first kappa shape index (κ1) is 19.9. The second-order valence-corrected chi connectivity index (χ2v) is 7.86. The molecule has 2 aromatic carbocycles. The van der Waals surface area contributed by atoms with Crippen molar-refractivity contribution < 1.29 is 17.9 Å². The van der Waals surface area contributed by atoms with E-state index in [0.29, 0.717) is 15.9 Å². The quantitative estimate of drug-likeness (QED) is 0.570. The molecule has 0 spiro atoms. The molecule has 0 fully saturated rings. The molecule has 1 aromatic heterocycles. The molecule has 11 heteroatoms. The number of nitrogens with zero attached hydrogens (tertiary/aromatic N) is 3. The predicted octanol–water partition coefficient (Wildman–Crippen LogP) is 1.31. The summed E-state index contributed by atoms with van der Waals surface area (Å²) >= 11 is 5.73. The van der Waals surface area contributed by atoms with Crippen LogP contribution in [-0.2, 0) is 26.3 Å². The van der Waals surface area contributed by atoms with E-state index in [-0.39, 0.29) is 17.9 Å². The molecule has 0 radical (unpaired) electrons. The Morgan fingerprint density at radius 2 is 1.86 bits per heavy atom. The lowest BCUT2D eigenvalue weighted by atomic mass is 10.2. The van der Waals surface area contributed by atoms with E-state index < -0.39 is 28.3 Å². The van der Waals surface area contributed by atoms with Gasteiger partial charge in [-0.15, -0.1) is 5.10 Å². The largest absolute Gasteiger partial charge is 0.442 e. The van der Waals surface area contributed by atoms with Gasteiger partial charge in [0.05, 0.1) is 16.7 Å². The zero-order chi connectivity index (χ0) is 20.1. The molecule has 0 aliphatic rings. The van der Waals surface area contributed by atoms with Crippen molar-refractivity contribution in [2.75, 3.05) is 6.54 Å². The summed E-state index contributed by atoms with van der Waals surface area (Å²) in [5, 5.41) is 8.34. The predicted molar refractivity (Wildman–Crippen MR) is 101 cm³/mol. The first-order valence-electron chi connectivity index (χ1n) is 8.10. The van der Waals surface area contributed by atoms with Crippen LogP contribution >= 0.6 is 11.6 Å². The van der Waals surface area contributed by atoms with Gasteiger partial charge in [-0.3, -0.25) is 9.59 Å². The number of sulfonamides is 1. The summed E-state index contributed by atoms with van der Waals surface area (Å²) in [7, 11) is -3.76. The number of rotatable bonds is 7. The molecule has 0 bridgehead atoms. The SMILES string of the molecule is O=C(CCNS(=O)(=O)c1ccc(Cl)cc1)OCn1nnc2ccccc2c1=O. The molecule has 3 rings (SSSR count).